The lowest BCUT2D eigenvalue weighted by atomic mass is 10.1. The molecule has 0 aliphatic carbocycles. The molecule has 7 heteroatoms. The first-order valence-corrected chi connectivity index (χ1v) is 10.3. The number of nitrogens with one attached hydrogen (secondary N) is 2. The summed E-state index contributed by atoms with van der Waals surface area (Å²) in [5.41, 5.74) is 2.08. The fraction of sp³-hybridized carbons (Fsp3) is 0.400. The highest BCUT2D eigenvalue weighted by atomic mass is 32.2. The molecule has 6 nitrogen and oxygen atoms in total. The van der Waals surface area contributed by atoms with Crippen molar-refractivity contribution in [1.82, 2.24) is 10.6 Å². The second-order valence-electron chi connectivity index (χ2n) is 5.96. The molecule has 0 aliphatic heterocycles. The Kier molecular flexibility index (Phi) is 8.94. The molecule has 0 radical (unpaired) electrons. The Morgan fingerprint density at radius 1 is 1.19 bits per heavy atom. The van der Waals surface area contributed by atoms with Crippen LogP contribution in [0.1, 0.15) is 35.0 Å². The summed E-state index contributed by atoms with van der Waals surface area (Å²) in [4.78, 5) is 24.7. The standard InChI is InChI=1S/C20H26N2O4S/c1-3-25-14-16-8-6-15(7-9-16)13-21-19(23)17(10-12-27-2)22-20(24)18-5-4-11-26-18/h4-9,11,17H,3,10,12-14H2,1-2H3,(H,21,23)(H,22,24)/t17-/m1/s1. The summed E-state index contributed by atoms with van der Waals surface area (Å²) in [5, 5.41) is 5.64. The molecule has 146 valence electrons. The Morgan fingerprint density at radius 2 is 1.93 bits per heavy atom. The molecule has 0 bridgehead atoms. The van der Waals surface area contributed by atoms with Gasteiger partial charge in [0.2, 0.25) is 5.91 Å². The van der Waals surface area contributed by atoms with E-state index in [0.717, 1.165) is 16.9 Å². The third-order valence-corrected chi connectivity index (χ3v) is 4.58. The monoisotopic (exact) mass is 390 g/mol. The van der Waals surface area contributed by atoms with Crippen molar-refractivity contribution >= 4 is 23.6 Å². The van der Waals surface area contributed by atoms with Gasteiger partial charge in [0, 0.05) is 13.2 Å². The van der Waals surface area contributed by atoms with Crippen molar-refractivity contribution in [1.29, 1.82) is 0 Å². The van der Waals surface area contributed by atoms with E-state index in [2.05, 4.69) is 10.6 Å². The van der Waals surface area contributed by atoms with Crippen LogP contribution in [-0.2, 0) is 22.7 Å². The van der Waals surface area contributed by atoms with Crippen LogP contribution in [0.2, 0.25) is 0 Å². The largest absolute Gasteiger partial charge is 0.459 e. The second kappa shape index (κ2) is 11.5. The SMILES string of the molecule is CCOCc1ccc(CNC(=O)[C@@H](CCSC)NC(=O)c2ccco2)cc1. The first-order chi connectivity index (χ1) is 13.1. The van der Waals surface area contributed by atoms with Gasteiger partial charge in [0.05, 0.1) is 12.9 Å². The number of carbonyl (C=O) groups is 2. The molecule has 2 N–H and O–H groups in total. The molecule has 0 fully saturated rings. The third-order valence-electron chi connectivity index (χ3n) is 3.94. The van der Waals surface area contributed by atoms with Crippen molar-refractivity contribution in [2.45, 2.75) is 32.5 Å². The van der Waals surface area contributed by atoms with Crippen molar-refractivity contribution in [3.8, 4) is 0 Å². The van der Waals surface area contributed by atoms with Gasteiger partial charge in [-0.3, -0.25) is 9.59 Å². The van der Waals surface area contributed by atoms with Gasteiger partial charge in [-0.2, -0.15) is 11.8 Å². The first kappa shape index (κ1) is 21.1. The topological polar surface area (TPSA) is 80.6 Å². The smallest absolute Gasteiger partial charge is 0.287 e. The van der Waals surface area contributed by atoms with Gasteiger partial charge >= 0.3 is 0 Å². The Hall–Kier alpha value is -2.25. The number of benzene rings is 1. The highest BCUT2D eigenvalue weighted by Gasteiger charge is 2.22. The van der Waals surface area contributed by atoms with Crippen molar-refractivity contribution in [2.24, 2.45) is 0 Å². The highest BCUT2D eigenvalue weighted by molar-refractivity contribution is 7.98. The van der Waals surface area contributed by atoms with E-state index in [-0.39, 0.29) is 17.6 Å². The Morgan fingerprint density at radius 3 is 2.56 bits per heavy atom. The predicted octanol–water partition coefficient (Wildman–Crippen LogP) is 2.98. The third kappa shape index (κ3) is 7.11. The summed E-state index contributed by atoms with van der Waals surface area (Å²) in [5.74, 6) is 0.369. The first-order valence-electron chi connectivity index (χ1n) is 8.90. The molecule has 1 aromatic heterocycles. The van der Waals surface area contributed by atoms with E-state index in [1.54, 1.807) is 23.9 Å². The minimum absolute atomic E-state index is 0.196. The molecule has 2 aromatic rings. The van der Waals surface area contributed by atoms with Crippen LogP contribution in [0, 0.1) is 0 Å². The average Bonchev–Trinajstić information content (AvgIpc) is 3.23. The molecule has 0 spiro atoms. The highest BCUT2D eigenvalue weighted by Crippen LogP contribution is 2.08. The number of carbonyl (C=O) groups excluding carboxylic acids is 2. The minimum atomic E-state index is -0.604. The summed E-state index contributed by atoms with van der Waals surface area (Å²) in [6.07, 6.45) is 3.95. The maximum absolute atomic E-state index is 12.6. The van der Waals surface area contributed by atoms with E-state index >= 15 is 0 Å². The number of hydrogen-bond acceptors (Lipinski definition) is 5. The lowest BCUT2D eigenvalue weighted by molar-refractivity contribution is -0.123. The molecule has 1 aromatic carbocycles. The summed E-state index contributed by atoms with van der Waals surface area (Å²) in [7, 11) is 0. The number of ether oxygens (including phenoxy) is 1. The van der Waals surface area contributed by atoms with E-state index in [4.69, 9.17) is 9.15 Å². The van der Waals surface area contributed by atoms with Crippen LogP contribution in [0.15, 0.2) is 47.1 Å². The van der Waals surface area contributed by atoms with E-state index < -0.39 is 6.04 Å². The predicted molar refractivity (Wildman–Crippen MR) is 107 cm³/mol. The van der Waals surface area contributed by atoms with E-state index in [1.807, 2.05) is 37.4 Å². The number of furan rings is 1. The van der Waals surface area contributed by atoms with E-state index in [1.165, 1.54) is 6.26 Å². The maximum atomic E-state index is 12.6. The van der Waals surface area contributed by atoms with Crippen LogP contribution < -0.4 is 10.6 Å². The average molecular weight is 391 g/mol. The quantitative estimate of drug-likeness (QED) is 0.617. The Bertz CT molecular complexity index is 701. The normalized spacial score (nSPS) is 11.8. The zero-order chi connectivity index (χ0) is 19.5. The summed E-state index contributed by atoms with van der Waals surface area (Å²) in [6, 6.07) is 10.5. The van der Waals surface area contributed by atoms with Gasteiger partial charge in [-0.05, 0) is 48.6 Å². The number of hydrogen-bond donors (Lipinski definition) is 2. The van der Waals surface area contributed by atoms with E-state index in [9.17, 15) is 9.59 Å². The van der Waals surface area contributed by atoms with Crippen LogP contribution in [-0.4, -0.2) is 36.5 Å². The molecule has 27 heavy (non-hydrogen) atoms. The number of rotatable bonds is 11. The zero-order valence-electron chi connectivity index (χ0n) is 15.7. The van der Waals surface area contributed by atoms with Gasteiger partial charge in [-0.1, -0.05) is 24.3 Å². The lowest BCUT2D eigenvalue weighted by Crippen LogP contribution is -2.46. The molecule has 0 saturated carbocycles. The van der Waals surface area contributed by atoms with Crippen LogP contribution in [0.4, 0.5) is 0 Å². The number of amides is 2. The molecule has 0 aliphatic rings. The van der Waals surface area contributed by atoms with Crippen molar-refractivity contribution in [2.75, 3.05) is 18.6 Å². The van der Waals surface area contributed by atoms with Gasteiger partial charge in [-0.25, -0.2) is 0 Å². The molecule has 2 rings (SSSR count). The number of thioether (sulfide) groups is 1. The molecular formula is C20H26N2O4S. The summed E-state index contributed by atoms with van der Waals surface area (Å²) >= 11 is 1.63. The van der Waals surface area contributed by atoms with Crippen LogP contribution in [0.3, 0.4) is 0 Å². The minimum Gasteiger partial charge on any atom is -0.459 e. The maximum Gasteiger partial charge on any atom is 0.287 e. The van der Waals surface area contributed by atoms with Crippen molar-refractivity contribution < 1.29 is 18.7 Å². The van der Waals surface area contributed by atoms with E-state index in [0.29, 0.717) is 26.2 Å². The molecule has 1 atom stereocenters. The zero-order valence-corrected chi connectivity index (χ0v) is 16.5. The molecule has 0 saturated heterocycles. The Balaban J connectivity index is 1.89. The fourth-order valence-corrected chi connectivity index (χ4v) is 2.90. The van der Waals surface area contributed by atoms with Gasteiger partial charge < -0.3 is 19.8 Å². The lowest BCUT2D eigenvalue weighted by Gasteiger charge is -2.17. The summed E-state index contributed by atoms with van der Waals surface area (Å²) in [6.45, 7) is 3.62. The molecular weight excluding hydrogens is 364 g/mol. The van der Waals surface area contributed by atoms with Gasteiger partial charge in [0.1, 0.15) is 6.04 Å². The Labute approximate surface area is 164 Å². The van der Waals surface area contributed by atoms with Crippen molar-refractivity contribution in [3.63, 3.8) is 0 Å². The molecule has 2 amide bonds. The van der Waals surface area contributed by atoms with Crippen molar-refractivity contribution in [3.05, 3.63) is 59.5 Å². The van der Waals surface area contributed by atoms with Crippen LogP contribution in [0.5, 0.6) is 0 Å². The van der Waals surface area contributed by atoms with Gasteiger partial charge in [0.25, 0.3) is 5.91 Å². The molecule has 0 unspecified atom stereocenters. The summed E-state index contributed by atoms with van der Waals surface area (Å²) < 4.78 is 10.5. The molecule has 1 heterocycles. The van der Waals surface area contributed by atoms with Gasteiger partial charge in [0.15, 0.2) is 5.76 Å². The van der Waals surface area contributed by atoms with Gasteiger partial charge in [-0.15, -0.1) is 0 Å². The van der Waals surface area contributed by atoms with Crippen LogP contribution in [0.25, 0.3) is 0 Å². The second-order valence-corrected chi connectivity index (χ2v) is 6.94. The van der Waals surface area contributed by atoms with Crippen LogP contribution >= 0.6 is 11.8 Å². The fourth-order valence-electron chi connectivity index (χ4n) is 2.43.